The van der Waals surface area contributed by atoms with Crippen LogP contribution in [0.25, 0.3) is 0 Å². The lowest BCUT2D eigenvalue weighted by molar-refractivity contribution is 0.0716. The molecule has 16 atom stereocenters. The zero-order valence-corrected chi connectivity index (χ0v) is 70.2. The Hall–Kier alpha value is -6.54. The lowest BCUT2D eigenvalue weighted by Gasteiger charge is -2.40. The van der Waals surface area contributed by atoms with E-state index in [-0.39, 0.29) is 20.6 Å². The van der Waals surface area contributed by atoms with Gasteiger partial charge in [-0.05, 0) is 265 Å². The minimum absolute atomic E-state index is 0. The van der Waals surface area contributed by atoms with Crippen molar-refractivity contribution >= 4 is 0 Å². The summed E-state index contributed by atoms with van der Waals surface area (Å²) >= 11 is 0. The van der Waals surface area contributed by atoms with Crippen LogP contribution in [-0.4, -0.2) is 45.8 Å². The highest BCUT2D eigenvalue weighted by atomic mass is 16.5. The SMILES string of the molecule is C.C1CC2C(C1)C1CC2C2C3CCC(C3)C12.C1CC2C(C1)C1CC2C2C3CCC(C3)C12.CC(C)(C)C.CC(C)(C)C.CC(C)(C)C.CC(C)(C)C.COc1ccccc1.COc1ccccc1.COc1ccccc1.COc1ccccc1.COc1ccccc1.OCc1ccccc1.OCc1ccccc1. The van der Waals surface area contributed by atoms with Crippen LogP contribution in [0.1, 0.15) is 219 Å². The molecule has 594 valence electrons. The maximum Gasteiger partial charge on any atom is 0.118 e. The quantitative estimate of drug-likeness (QED) is 0.154. The lowest BCUT2D eigenvalue weighted by atomic mass is 9.64. The molecule has 0 aliphatic heterocycles. The summed E-state index contributed by atoms with van der Waals surface area (Å²) in [5.74, 6) is 24.1. The summed E-state index contributed by atoms with van der Waals surface area (Å²) in [5.41, 5.74) is 3.93. The maximum atomic E-state index is 8.54. The van der Waals surface area contributed by atoms with Gasteiger partial charge in [-0.25, -0.2) is 0 Å². The number of rotatable bonds is 7. The van der Waals surface area contributed by atoms with Crippen molar-refractivity contribution in [1.82, 2.24) is 0 Å². The molecule has 2 N–H and O–H groups in total. The molecule has 0 heterocycles. The standard InChI is InChI=1S/2C15H22.7C7H8O.4C5H12.CH4/c2*1-2-10-11(3-1)13-7-12(10)14-8-4-5-9(6-8)15(13)14;5*1-8-7-5-3-2-4-6-7;2*8-6-7-4-2-1-3-5-7;4*1-5(2,3)4;/h2*8-15H,1-7H2;5*2-6H,1H3;2*1-5,8H,6H2;4*1-4H3;1H4. The van der Waals surface area contributed by atoms with E-state index in [1.54, 1.807) is 125 Å². The predicted octanol–water partition coefficient (Wildman–Crippen LogP) is 27.1. The molecule has 10 aliphatic rings. The topological polar surface area (TPSA) is 86.6 Å². The molecule has 0 amide bonds. The van der Waals surface area contributed by atoms with Crippen molar-refractivity contribution in [2.24, 2.45) is 116 Å². The van der Waals surface area contributed by atoms with E-state index in [4.69, 9.17) is 33.9 Å². The molecule has 10 fully saturated rings. The Kier molecular flexibility index (Phi) is 41.2. The van der Waals surface area contributed by atoms with Gasteiger partial charge in [-0.1, -0.05) is 283 Å². The third-order valence-corrected chi connectivity index (χ3v) is 21.6. The molecule has 10 aliphatic carbocycles. The summed E-state index contributed by atoms with van der Waals surface area (Å²) in [4.78, 5) is 0. The summed E-state index contributed by atoms with van der Waals surface area (Å²) < 4.78 is 24.6. The second-order valence-corrected chi connectivity index (χ2v) is 37.5. The molecule has 0 spiro atoms. The van der Waals surface area contributed by atoms with Crippen LogP contribution in [0.4, 0.5) is 0 Å². The molecular weight excluding hydrogens is 1310 g/mol. The third kappa shape index (κ3) is 34.5. The van der Waals surface area contributed by atoms with E-state index in [0.29, 0.717) is 21.7 Å². The first-order valence-corrected chi connectivity index (χ1v) is 40.6. The highest BCUT2D eigenvalue weighted by Crippen LogP contribution is 2.74. The van der Waals surface area contributed by atoms with Gasteiger partial charge >= 0.3 is 0 Å². The normalized spacial score (nSPS) is 26.1. The van der Waals surface area contributed by atoms with Crippen molar-refractivity contribution in [3.8, 4) is 28.7 Å². The number of ether oxygens (including phenoxy) is 5. The molecule has 17 rings (SSSR count). The molecule has 7 heteroatoms. The summed E-state index contributed by atoms with van der Waals surface area (Å²) in [7, 11) is 8.31. The fraction of sp³-hybridized carbons (Fsp3) is 0.580. The highest BCUT2D eigenvalue weighted by Gasteiger charge is 2.67. The van der Waals surface area contributed by atoms with Gasteiger partial charge in [0, 0.05) is 0 Å². The van der Waals surface area contributed by atoms with Crippen molar-refractivity contribution in [3.63, 3.8) is 0 Å². The largest absolute Gasteiger partial charge is 0.497 e. The highest BCUT2D eigenvalue weighted by molar-refractivity contribution is 5.24. The number of para-hydroxylation sites is 5. The van der Waals surface area contributed by atoms with Crippen molar-refractivity contribution in [1.29, 1.82) is 0 Å². The van der Waals surface area contributed by atoms with Gasteiger partial charge in [-0.15, -0.1) is 0 Å². The van der Waals surface area contributed by atoms with E-state index >= 15 is 0 Å². The number of hydrogen-bond donors (Lipinski definition) is 2. The van der Waals surface area contributed by atoms with Crippen molar-refractivity contribution in [2.75, 3.05) is 35.5 Å². The summed E-state index contributed by atoms with van der Waals surface area (Å²) in [6.07, 6.45) is 22.8. The number of fused-ring (bicyclic) bond motifs is 24. The number of benzene rings is 7. The first-order valence-electron chi connectivity index (χ1n) is 40.6. The van der Waals surface area contributed by atoms with Gasteiger partial charge in [0.15, 0.2) is 0 Å². The minimum Gasteiger partial charge on any atom is -0.497 e. The van der Waals surface area contributed by atoms with Gasteiger partial charge in [0.25, 0.3) is 0 Å². The summed E-state index contributed by atoms with van der Waals surface area (Å²) in [6.45, 7) is 35.3. The van der Waals surface area contributed by atoms with Crippen LogP contribution >= 0.6 is 0 Å². The second kappa shape index (κ2) is 47.5. The van der Waals surface area contributed by atoms with Crippen LogP contribution in [0.5, 0.6) is 28.7 Å². The smallest absolute Gasteiger partial charge is 0.118 e. The van der Waals surface area contributed by atoms with E-state index in [9.17, 15) is 0 Å². The Bertz CT molecular complexity index is 2720. The Morgan fingerprint density at radius 3 is 0.533 bits per heavy atom. The van der Waals surface area contributed by atoms with Gasteiger partial charge in [-0.3, -0.25) is 0 Å². The van der Waals surface area contributed by atoms with Crippen LogP contribution in [0.15, 0.2) is 212 Å². The number of aliphatic hydroxyl groups excluding tert-OH is 2. The fourth-order valence-electron chi connectivity index (χ4n) is 18.5. The van der Waals surface area contributed by atoms with Crippen molar-refractivity contribution < 1.29 is 33.9 Å². The van der Waals surface area contributed by atoms with Gasteiger partial charge in [-0.2, -0.15) is 0 Å². The second-order valence-electron chi connectivity index (χ2n) is 37.5. The van der Waals surface area contributed by atoms with Gasteiger partial charge in [0.05, 0.1) is 48.8 Å². The Morgan fingerprint density at radius 2 is 0.402 bits per heavy atom. The van der Waals surface area contributed by atoms with Crippen molar-refractivity contribution in [3.05, 3.63) is 223 Å². The molecule has 0 aromatic heterocycles. The number of hydrogen-bond acceptors (Lipinski definition) is 7. The molecule has 0 saturated heterocycles. The van der Waals surface area contributed by atoms with E-state index in [0.717, 1.165) is 39.9 Å². The molecule has 7 aromatic carbocycles. The molecule has 7 nitrogen and oxygen atoms in total. The molecule has 8 bridgehead atoms. The van der Waals surface area contributed by atoms with E-state index in [1.807, 2.05) is 212 Å². The Labute approximate surface area is 655 Å². The van der Waals surface area contributed by atoms with Gasteiger partial charge < -0.3 is 33.9 Å². The average molecular weight is 1470 g/mol. The molecular formula is C100H152O7. The Balaban J connectivity index is 0.000000250. The molecule has 10 saturated carbocycles. The third-order valence-electron chi connectivity index (χ3n) is 21.6. The monoisotopic (exact) mass is 1470 g/mol. The van der Waals surface area contributed by atoms with E-state index in [2.05, 4.69) is 111 Å². The van der Waals surface area contributed by atoms with E-state index in [1.165, 1.54) is 94.7 Å². The van der Waals surface area contributed by atoms with Crippen molar-refractivity contribution in [2.45, 2.75) is 221 Å². The number of aliphatic hydroxyl groups is 2. The summed E-state index contributed by atoms with van der Waals surface area (Å²) in [5, 5.41) is 17.1. The lowest BCUT2D eigenvalue weighted by Crippen LogP contribution is -2.35. The Morgan fingerprint density at radius 1 is 0.243 bits per heavy atom. The van der Waals surface area contributed by atoms with Gasteiger partial charge in [0.1, 0.15) is 28.7 Å². The zero-order valence-electron chi connectivity index (χ0n) is 70.2. The van der Waals surface area contributed by atoms with Gasteiger partial charge in [0.2, 0.25) is 0 Å². The molecule has 7 aromatic rings. The first kappa shape index (κ1) is 92.8. The van der Waals surface area contributed by atoms with Crippen LogP contribution in [0.3, 0.4) is 0 Å². The van der Waals surface area contributed by atoms with Crippen LogP contribution in [-0.2, 0) is 13.2 Å². The van der Waals surface area contributed by atoms with Crippen LogP contribution < -0.4 is 23.7 Å². The molecule has 16 unspecified atom stereocenters. The average Bonchev–Trinajstić information content (AvgIpc) is 1.55. The van der Waals surface area contributed by atoms with Crippen LogP contribution in [0.2, 0.25) is 0 Å². The maximum absolute atomic E-state index is 8.54. The first-order chi connectivity index (χ1) is 50.4. The van der Waals surface area contributed by atoms with Crippen LogP contribution in [0, 0.1) is 116 Å². The minimum atomic E-state index is 0. The zero-order chi connectivity index (χ0) is 77.9. The predicted molar refractivity (Wildman–Crippen MR) is 457 cm³/mol. The van der Waals surface area contributed by atoms with E-state index < -0.39 is 0 Å². The molecule has 107 heavy (non-hydrogen) atoms. The fourth-order valence-corrected chi connectivity index (χ4v) is 18.5. The molecule has 0 radical (unpaired) electrons. The summed E-state index contributed by atoms with van der Waals surface area (Å²) in [6, 6.07) is 67.5. The number of methoxy groups -OCH3 is 5.